The third-order valence-corrected chi connectivity index (χ3v) is 6.60. The molecular weight excluding hydrogens is 288 g/mol. The van der Waals surface area contributed by atoms with Gasteiger partial charge in [-0.3, -0.25) is 4.99 Å². The smallest absolute Gasteiger partial charge is 0.194 e. The van der Waals surface area contributed by atoms with Gasteiger partial charge in [-0.25, -0.2) is 8.42 Å². The lowest BCUT2D eigenvalue weighted by Gasteiger charge is -2.39. The lowest BCUT2D eigenvalue weighted by atomic mass is 10.2. The number of likely N-dealkylation sites (N-methyl/N-ethyl adjacent to an activating group) is 1. The summed E-state index contributed by atoms with van der Waals surface area (Å²) in [6, 6.07) is 0.347. The van der Waals surface area contributed by atoms with Crippen molar-refractivity contribution in [3.8, 4) is 0 Å². The molecule has 6 nitrogen and oxygen atoms in total. The van der Waals surface area contributed by atoms with Crippen LogP contribution in [-0.2, 0) is 9.84 Å². The number of nitrogens with zero attached hydrogens (tertiary/aromatic N) is 3. The topological polar surface area (TPSA) is 65.0 Å². The van der Waals surface area contributed by atoms with E-state index in [-0.39, 0.29) is 5.75 Å². The monoisotopic (exact) mass is 318 g/mol. The van der Waals surface area contributed by atoms with Crippen LogP contribution < -0.4 is 5.32 Å². The first kappa shape index (κ1) is 18.2. The minimum absolute atomic E-state index is 0.188. The van der Waals surface area contributed by atoms with Gasteiger partial charge in [0.1, 0.15) is 0 Å². The molecular formula is C14H30N4O2S. The van der Waals surface area contributed by atoms with Crippen molar-refractivity contribution in [2.45, 2.75) is 38.5 Å². The summed E-state index contributed by atoms with van der Waals surface area (Å²) in [5, 5.41) is 3.27. The maximum absolute atomic E-state index is 12.1. The van der Waals surface area contributed by atoms with E-state index < -0.39 is 14.6 Å². The Hall–Kier alpha value is -0.820. The molecule has 1 unspecified atom stereocenters. The van der Waals surface area contributed by atoms with Crippen molar-refractivity contribution in [1.29, 1.82) is 0 Å². The van der Waals surface area contributed by atoms with Crippen molar-refractivity contribution in [2.24, 2.45) is 4.99 Å². The van der Waals surface area contributed by atoms with Crippen LogP contribution in [0.4, 0.5) is 0 Å². The molecule has 0 aromatic carbocycles. The van der Waals surface area contributed by atoms with Crippen molar-refractivity contribution >= 4 is 15.8 Å². The summed E-state index contributed by atoms with van der Waals surface area (Å²) in [7, 11) is 1.04. The number of nitrogens with one attached hydrogen (secondary N) is 1. The van der Waals surface area contributed by atoms with Crippen LogP contribution in [0, 0.1) is 0 Å². The number of rotatable bonds is 4. The fourth-order valence-corrected chi connectivity index (χ4v) is 3.50. The highest BCUT2D eigenvalue weighted by Gasteiger charge is 2.40. The third-order valence-electron chi connectivity index (χ3n) is 4.06. The summed E-state index contributed by atoms with van der Waals surface area (Å²) in [6.07, 6.45) is 0. The molecule has 0 amide bonds. The Labute approximate surface area is 129 Å². The average Bonchev–Trinajstić information content (AvgIpc) is 2.37. The molecule has 7 heteroatoms. The Bertz CT molecular complexity index is 471. The second-order valence-corrected chi connectivity index (χ2v) is 9.25. The number of hydrogen-bond acceptors (Lipinski definition) is 4. The standard InChI is InChI=1S/C14H30N4O2S/c1-7-15-13(16-10-12(2)17(5)6)18-8-9-21(19,20)14(3,4)11-18/h12H,7-11H2,1-6H3,(H,15,16). The van der Waals surface area contributed by atoms with Crippen molar-refractivity contribution in [3.05, 3.63) is 0 Å². The van der Waals surface area contributed by atoms with Gasteiger partial charge in [0, 0.05) is 25.7 Å². The molecule has 21 heavy (non-hydrogen) atoms. The van der Waals surface area contributed by atoms with Gasteiger partial charge in [0.15, 0.2) is 15.8 Å². The van der Waals surface area contributed by atoms with Gasteiger partial charge < -0.3 is 15.1 Å². The summed E-state index contributed by atoms with van der Waals surface area (Å²) < 4.78 is 23.5. The van der Waals surface area contributed by atoms with E-state index in [0.717, 1.165) is 12.5 Å². The summed E-state index contributed by atoms with van der Waals surface area (Å²) in [5.41, 5.74) is 0. The molecule has 0 spiro atoms. The summed E-state index contributed by atoms with van der Waals surface area (Å²) in [5.74, 6) is 1.00. The van der Waals surface area contributed by atoms with E-state index >= 15 is 0 Å². The van der Waals surface area contributed by atoms with E-state index in [9.17, 15) is 8.42 Å². The second-order valence-electron chi connectivity index (χ2n) is 6.51. The van der Waals surface area contributed by atoms with Gasteiger partial charge in [-0.1, -0.05) is 0 Å². The molecule has 0 saturated carbocycles. The van der Waals surface area contributed by atoms with Crippen LogP contribution in [0.3, 0.4) is 0 Å². The molecule has 1 rings (SSSR count). The summed E-state index contributed by atoms with van der Waals surface area (Å²) in [6.45, 7) is 10.2. The Morgan fingerprint density at radius 2 is 2.05 bits per heavy atom. The predicted molar refractivity (Wildman–Crippen MR) is 88.6 cm³/mol. The first-order valence-electron chi connectivity index (χ1n) is 7.52. The molecule has 1 aliphatic heterocycles. The molecule has 1 fully saturated rings. The van der Waals surface area contributed by atoms with Gasteiger partial charge in [-0.15, -0.1) is 0 Å². The zero-order valence-corrected chi connectivity index (χ0v) is 15.0. The van der Waals surface area contributed by atoms with Gasteiger partial charge in [-0.2, -0.15) is 0 Å². The Balaban J connectivity index is 2.85. The number of guanidine groups is 1. The minimum Gasteiger partial charge on any atom is -0.357 e. The molecule has 0 aliphatic carbocycles. The average molecular weight is 318 g/mol. The molecule has 1 atom stereocenters. The van der Waals surface area contributed by atoms with Crippen molar-refractivity contribution in [1.82, 2.24) is 15.1 Å². The zero-order valence-electron chi connectivity index (χ0n) is 14.2. The maximum atomic E-state index is 12.1. The van der Waals surface area contributed by atoms with E-state index in [1.807, 2.05) is 21.0 Å². The van der Waals surface area contributed by atoms with Crippen LogP contribution in [-0.4, -0.2) is 81.0 Å². The third kappa shape index (κ3) is 4.57. The van der Waals surface area contributed by atoms with Crippen molar-refractivity contribution in [3.63, 3.8) is 0 Å². The van der Waals surface area contributed by atoms with E-state index in [4.69, 9.17) is 0 Å². The van der Waals surface area contributed by atoms with Crippen molar-refractivity contribution in [2.75, 3.05) is 46.0 Å². The molecule has 1 saturated heterocycles. The predicted octanol–water partition coefficient (Wildman–Crippen LogP) is 0.411. The van der Waals surface area contributed by atoms with Crippen LogP contribution in [0.5, 0.6) is 0 Å². The molecule has 1 aliphatic rings. The molecule has 0 radical (unpaired) electrons. The molecule has 1 heterocycles. The molecule has 0 bridgehead atoms. The lowest BCUT2D eigenvalue weighted by molar-refractivity contribution is 0.316. The summed E-state index contributed by atoms with van der Waals surface area (Å²) in [4.78, 5) is 8.85. The highest BCUT2D eigenvalue weighted by Crippen LogP contribution is 2.23. The quantitative estimate of drug-likeness (QED) is 0.601. The van der Waals surface area contributed by atoms with Gasteiger partial charge >= 0.3 is 0 Å². The Morgan fingerprint density at radius 1 is 1.43 bits per heavy atom. The molecule has 1 N–H and O–H groups in total. The van der Waals surface area contributed by atoms with Gasteiger partial charge in [-0.05, 0) is 41.8 Å². The number of hydrogen-bond donors (Lipinski definition) is 1. The molecule has 0 aromatic rings. The molecule has 124 valence electrons. The zero-order chi connectivity index (χ0) is 16.3. The van der Waals surface area contributed by atoms with Crippen LogP contribution in [0.25, 0.3) is 0 Å². The molecule has 0 aromatic heterocycles. The first-order chi connectivity index (χ1) is 9.60. The number of sulfone groups is 1. The highest BCUT2D eigenvalue weighted by atomic mass is 32.2. The Kier molecular flexibility index (Phi) is 6.04. The fraction of sp³-hybridized carbons (Fsp3) is 0.929. The first-order valence-corrected chi connectivity index (χ1v) is 9.18. The van der Waals surface area contributed by atoms with E-state index in [2.05, 4.69) is 27.0 Å². The van der Waals surface area contributed by atoms with E-state index in [1.54, 1.807) is 13.8 Å². The van der Waals surface area contributed by atoms with Crippen LogP contribution >= 0.6 is 0 Å². The van der Waals surface area contributed by atoms with Crippen LogP contribution in [0.2, 0.25) is 0 Å². The normalized spacial score (nSPS) is 23.2. The van der Waals surface area contributed by atoms with Gasteiger partial charge in [0.2, 0.25) is 0 Å². The van der Waals surface area contributed by atoms with E-state index in [1.165, 1.54) is 0 Å². The summed E-state index contributed by atoms with van der Waals surface area (Å²) >= 11 is 0. The highest BCUT2D eigenvalue weighted by molar-refractivity contribution is 7.92. The van der Waals surface area contributed by atoms with Gasteiger partial charge in [0.25, 0.3) is 0 Å². The van der Waals surface area contributed by atoms with Gasteiger partial charge in [0.05, 0.1) is 17.0 Å². The Morgan fingerprint density at radius 3 is 2.52 bits per heavy atom. The fourth-order valence-electron chi connectivity index (χ4n) is 2.13. The minimum atomic E-state index is -3.02. The van der Waals surface area contributed by atoms with E-state index in [0.29, 0.717) is 25.7 Å². The van der Waals surface area contributed by atoms with Crippen LogP contribution in [0.15, 0.2) is 4.99 Å². The van der Waals surface area contributed by atoms with Crippen LogP contribution in [0.1, 0.15) is 27.7 Å². The number of aliphatic imine (C=N–C) groups is 1. The van der Waals surface area contributed by atoms with Crippen molar-refractivity contribution < 1.29 is 8.42 Å². The lowest BCUT2D eigenvalue weighted by Crippen LogP contribution is -2.57. The maximum Gasteiger partial charge on any atom is 0.194 e. The largest absolute Gasteiger partial charge is 0.357 e. The second kappa shape index (κ2) is 6.96. The SMILES string of the molecule is CCNC(=NCC(C)N(C)C)N1CCS(=O)(=O)C(C)(C)C1.